The molecule has 0 aromatic heterocycles. The van der Waals surface area contributed by atoms with Crippen LogP contribution in [-0.4, -0.2) is 39.3 Å². The molecule has 2 N–H and O–H groups in total. The van der Waals surface area contributed by atoms with Gasteiger partial charge in [-0.05, 0) is 48.9 Å². The molecule has 1 unspecified atom stereocenters. The van der Waals surface area contributed by atoms with E-state index in [4.69, 9.17) is 9.84 Å². The Hall–Kier alpha value is -2.67. The predicted molar refractivity (Wildman–Crippen MR) is 96.6 cm³/mol. The second-order valence-electron chi connectivity index (χ2n) is 5.38. The van der Waals surface area contributed by atoms with Gasteiger partial charge in [0, 0.05) is 16.5 Å². The minimum Gasteiger partial charge on any atom is -0.493 e. The number of carboxylic acid groups (broad SMARTS) is 1. The Morgan fingerprint density at radius 1 is 1.16 bits per heavy atom. The van der Waals surface area contributed by atoms with Gasteiger partial charge in [0.25, 0.3) is 0 Å². The molecule has 0 aliphatic rings. The molecule has 1 atom stereocenters. The third kappa shape index (κ3) is 6.39. The lowest BCUT2D eigenvalue weighted by Gasteiger charge is -2.08. The van der Waals surface area contributed by atoms with Crippen LogP contribution in [0.4, 0.5) is 5.69 Å². The molecule has 2 rings (SSSR count). The molecule has 7 heteroatoms. The summed E-state index contributed by atoms with van der Waals surface area (Å²) in [5, 5.41) is 11.4. The molecule has 0 spiro atoms. The Morgan fingerprint density at radius 2 is 1.88 bits per heavy atom. The lowest BCUT2D eigenvalue weighted by molar-refractivity contribution is -0.113. The normalized spacial score (nSPS) is 11.6. The SMILES string of the molecule is Cc1cccc(OCCS(=O)CC(=O)Nc2ccc(C(=O)O)cc2)c1. The number of nitrogens with one attached hydrogen (secondary N) is 1. The molecule has 6 nitrogen and oxygen atoms in total. The lowest BCUT2D eigenvalue weighted by Crippen LogP contribution is -2.22. The van der Waals surface area contributed by atoms with Gasteiger partial charge in [-0.2, -0.15) is 0 Å². The molecule has 0 heterocycles. The largest absolute Gasteiger partial charge is 0.493 e. The molecule has 0 radical (unpaired) electrons. The lowest BCUT2D eigenvalue weighted by atomic mass is 10.2. The highest BCUT2D eigenvalue weighted by Crippen LogP contribution is 2.12. The van der Waals surface area contributed by atoms with Crippen LogP contribution in [0.25, 0.3) is 0 Å². The van der Waals surface area contributed by atoms with Gasteiger partial charge >= 0.3 is 5.97 Å². The van der Waals surface area contributed by atoms with Gasteiger partial charge in [0.1, 0.15) is 11.5 Å². The highest BCUT2D eigenvalue weighted by atomic mass is 32.2. The summed E-state index contributed by atoms with van der Waals surface area (Å²) in [4.78, 5) is 22.6. The van der Waals surface area contributed by atoms with Crippen LogP contribution in [0.1, 0.15) is 15.9 Å². The molecular weight excluding hydrogens is 342 g/mol. The molecule has 0 aliphatic heterocycles. The van der Waals surface area contributed by atoms with Crippen LogP contribution in [0, 0.1) is 6.92 Å². The monoisotopic (exact) mass is 361 g/mol. The van der Waals surface area contributed by atoms with Crippen LogP contribution in [0.3, 0.4) is 0 Å². The van der Waals surface area contributed by atoms with Crippen molar-refractivity contribution in [2.75, 3.05) is 23.4 Å². The highest BCUT2D eigenvalue weighted by Gasteiger charge is 2.09. The van der Waals surface area contributed by atoms with E-state index < -0.39 is 22.7 Å². The number of anilines is 1. The molecule has 0 saturated heterocycles. The van der Waals surface area contributed by atoms with Crippen LogP contribution in [-0.2, 0) is 15.6 Å². The number of ether oxygens (including phenoxy) is 1. The number of carbonyl (C=O) groups excluding carboxylic acids is 1. The van der Waals surface area contributed by atoms with E-state index >= 15 is 0 Å². The van der Waals surface area contributed by atoms with Gasteiger partial charge in [0.2, 0.25) is 5.91 Å². The molecule has 0 aliphatic carbocycles. The zero-order valence-electron chi connectivity index (χ0n) is 13.7. The van der Waals surface area contributed by atoms with Gasteiger partial charge in [0.05, 0.1) is 17.9 Å². The number of carbonyl (C=O) groups is 2. The highest BCUT2D eigenvalue weighted by molar-refractivity contribution is 7.85. The first kappa shape index (κ1) is 18.7. The second kappa shape index (κ2) is 8.98. The Kier molecular flexibility index (Phi) is 6.71. The summed E-state index contributed by atoms with van der Waals surface area (Å²) in [6.45, 7) is 2.22. The number of carboxylic acids is 1. The van der Waals surface area contributed by atoms with Crippen molar-refractivity contribution < 1.29 is 23.6 Å². The zero-order chi connectivity index (χ0) is 18.2. The first-order valence-corrected chi connectivity index (χ1v) is 9.10. The molecule has 0 bridgehead atoms. The third-order valence-corrected chi connectivity index (χ3v) is 4.48. The van der Waals surface area contributed by atoms with E-state index in [0.717, 1.165) is 5.56 Å². The second-order valence-corrected chi connectivity index (χ2v) is 6.96. The minimum absolute atomic E-state index is 0.134. The van der Waals surface area contributed by atoms with Crippen LogP contribution in [0.15, 0.2) is 48.5 Å². The van der Waals surface area contributed by atoms with Gasteiger partial charge in [-0.15, -0.1) is 0 Å². The maximum absolute atomic E-state index is 11.9. The van der Waals surface area contributed by atoms with Crippen LogP contribution < -0.4 is 10.1 Å². The molecule has 2 aromatic rings. The topological polar surface area (TPSA) is 92.7 Å². The van der Waals surface area contributed by atoms with Crippen molar-refractivity contribution in [2.45, 2.75) is 6.92 Å². The summed E-state index contributed by atoms with van der Waals surface area (Å²) in [6, 6.07) is 13.3. The fourth-order valence-corrected chi connectivity index (χ4v) is 2.85. The number of aromatic carboxylic acids is 1. The van der Waals surface area contributed by atoms with Crippen LogP contribution in [0.5, 0.6) is 5.75 Å². The zero-order valence-corrected chi connectivity index (χ0v) is 14.5. The van der Waals surface area contributed by atoms with Crippen molar-refractivity contribution in [3.05, 3.63) is 59.7 Å². The number of hydrogen-bond acceptors (Lipinski definition) is 4. The molecular formula is C18H19NO5S. The van der Waals surface area contributed by atoms with Crippen molar-refractivity contribution in [1.29, 1.82) is 0 Å². The van der Waals surface area contributed by atoms with Crippen LogP contribution >= 0.6 is 0 Å². The van der Waals surface area contributed by atoms with Crippen molar-refractivity contribution >= 4 is 28.4 Å². The molecule has 132 valence electrons. The maximum atomic E-state index is 11.9. The molecule has 0 fully saturated rings. The van der Waals surface area contributed by atoms with E-state index in [0.29, 0.717) is 11.4 Å². The van der Waals surface area contributed by atoms with Crippen molar-refractivity contribution in [3.63, 3.8) is 0 Å². The summed E-state index contributed by atoms with van der Waals surface area (Å²) < 4.78 is 17.4. The first-order valence-electron chi connectivity index (χ1n) is 7.61. The summed E-state index contributed by atoms with van der Waals surface area (Å²) >= 11 is 0. The quantitative estimate of drug-likeness (QED) is 0.753. The van der Waals surface area contributed by atoms with E-state index in [1.807, 2.05) is 31.2 Å². The number of amides is 1. The summed E-state index contributed by atoms with van der Waals surface area (Å²) in [5.41, 5.74) is 1.67. The summed E-state index contributed by atoms with van der Waals surface area (Å²) in [6.07, 6.45) is 0. The number of hydrogen-bond donors (Lipinski definition) is 2. The van der Waals surface area contributed by atoms with E-state index in [-0.39, 0.29) is 23.7 Å². The average molecular weight is 361 g/mol. The van der Waals surface area contributed by atoms with Crippen molar-refractivity contribution in [1.82, 2.24) is 0 Å². The van der Waals surface area contributed by atoms with E-state index in [1.165, 1.54) is 24.3 Å². The Bertz CT molecular complexity index is 773. The van der Waals surface area contributed by atoms with Gasteiger partial charge in [0.15, 0.2) is 0 Å². The van der Waals surface area contributed by atoms with Gasteiger partial charge in [-0.1, -0.05) is 12.1 Å². The Balaban J connectivity index is 1.74. The number of benzene rings is 2. The molecule has 25 heavy (non-hydrogen) atoms. The van der Waals surface area contributed by atoms with Gasteiger partial charge in [-0.3, -0.25) is 9.00 Å². The van der Waals surface area contributed by atoms with Crippen LogP contribution in [0.2, 0.25) is 0 Å². The fraction of sp³-hybridized carbons (Fsp3) is 0.222. The van der Waals surface area contributed by atoms with E-state index in [1.54, 1.807) is 0 Å². The van der Waals surface area contributed by atoms with Gasteiger partial charge < -0.3 is 15.2 Å². The maximum Gasteiger partial charge on any atom is 0.335 e. The molecule has 0 saturated carbocycles. The van der Waals surface area contributed by atoms with Gasteiger partial charge in [-0.25, -0.2) is 4.79 Å². The Morgan fingerprint density at radius 3 is 2.52 bits per heavy atom. The first-order chi connectivity index (χ1) is 11.9. The van der Waals surface area contributed by atoms with Crippen molar-refractivity contribution in [2.24, 2.45) is 0 Å². The summed E-state index contributed by atoms with van der Waals surface area (Å²) in [5.74, 6) is -0.610. The molecule has 1 amide bonds. The number of aryl methyl sites for hydroxylation is 1. The standard InChI is InChI=1S/C18H19NO5S/c1-13-3-2-4-16(11-13)24-9-10-25(23)12-17(20)19-15-7-5-14(6-8-15)18(21)22/h2-8,11H,9-10,12H2,1H3,(H,19,20)(H,21,22). The van der Waals surface area contributed by atoms with Crippen molar-refractivity contribution in [3.8, 4) is 5.75 Å². The summed E-state index contributed by atoms with van der Waals surface area (Å²) in [7, 11) is -1.35. The minimum atomic E-state index is -1.35. The molecule has 2 aromatic carbocycles. The fourth-order valence-electron chi connectivity index (χ4n) is 2.07. The smallest absolute Gasteiger partial charge is 0.335 e. The predicted octanol–water partition coefficient (Wildman–Crippen LogP) is 2.46. The third-order valence-electron chi connectivity index (χ3n) is 3.28. The Labute approximate surface area is 148 Å². The number of rotatable bonds is 8. The van der Waals surface area contributed by atoms with E-state index in [2.05, 4.69) is 5.32 Å². The average Bonchev–Trinajstić information content (AvgIpc) is 2.55. The van der Waals surface area contributed by atoms with E-state index in [9.17, 15) is 13.8 Å².